The summed E-state index contributed by atoms with van der Waals surface area (Å²) < 4.78 is 28.4. The molecule has 0 fully saturated rings. The Hall–Kier alpha value is -0.490. The largest absolute Gasteiger partial charge is 0.204 e. The van der Waals surface area contributed by atoms with Gasteiger partial charge in [-0.15, -0.1) is 0 Å². The Bertz CT molecular complexity index is 531. The molecule has 3 unspecified atom stereocenters. The van der Waals surface area contributed by atoms with Gasteiger partial charge in [0.2, 0.25) is 0 Å². The molecule has 1 aromatic rings. The van der Waals surface area contributed by atoms with Crippen LogP contribution in [0.4, 0.5) is 8.78 Å². The van der Waals surface area contributed by atoms with Gasteiger partial charge in [0.15, 0.2) is 11.6 Å². The predicted octanol–water partition coefficient (Wildman–Crippen LogP) is 9.07. The summed E-state index contributed by atoms with van der Waals surface area (Å²) in [5.74, 6) is 0.129. The number of halogens is 2. The number of unbranched alkanes of at least 4 members (excludes halogenated alkanes) is 6. The van der Waals surface area contributed by atoms with Gasteiger partial charge in [-0.05, 0) is 36.6 Å². The van der Waals surface area contributed by atoms with Crippen molar-refractivity contribution >= 4 is 13.2 Å². The van der Waals surface area contributed by atoms with Crippen molar-refractivity contribution in [2.24, 2.45) is 11.8 Å². The SMILES string of the molecule is CCCCCCCCCP(CC(C)CCC(CC)CCC)c1cccc(F)c1F. The lowest BCUT2D eigenvalue weighted by molar-refractivity contribution is 0.389. The highest BCUT2D eigenvalue weighted by molar-refractivity contribution is 7.65. The van der Waals surface area contributed by atoms with E-state index < -0.39 is 19.6 Å². The average Bonchev–Trinajstić information content (AvgIpc) is 2.71. The second kappa shape index (κ2) is 16.2. The van der Waals surface area contributed by atoms with E-state index in [0.717, 1.165) is 24.7 Å². The van der Waals surface area contributed by atoms with Crippen molar-refractivity contribution in [3.8, 4) is 0 Å². The molecule has 0 radical (unpaired) electrons. The number of rotatable bonds is 17. The first-order valence-corrected chi connectivity index (χ1v) is 13.9. The van der Waals surface area contributed by atoms with Crippen LogP contribution in [-0.4, -0.2) is 12.3 Å². The monoisotopic (exact) mass is 426 g/mol. The van der Waals surface area contributed by atoms with Gasteiger partial charge in [-0.2, -0.15) is 0 Å². The molecule has 0 aliphatic carbocycles. The van der Waals surface area contributed by atoms with E-state index in [9.17, 15) is 8.78 Å². The van der Waals surface area contributed by atoms with Crippen LogP contribution in [0.25, 0.3) is 0 Å². The van der Waals surface area contributed by atoms with Crippen molar-refractivity contribution in [2.45, 2.75) is 105 Å². The first-order chi connectivity index (χ1) is 14.0. The van der Waals surface area contributed by atoms with Crippen LogP contribution in [0.5, 0.6) is 0 Å². The Morgan fingerprint density at radius 3 is 2.17 bits per heavy atom. The second-order valence-corrected chi connectivity index (χ2v) is 11.3. The third kappa shape index (κ3) is 10.9. The maximum atomic E-state index is 14.5. The van der Waals surface area contributed by atoms with E-state index in [1.165, 1.54) is 76.7 Å². The van der Waals surface area contributed by atoms with Gasteiger partial charge in [-0.25, -0.2) is 8.78 Å². The number of benzene rings is 1. The molecule has 0 aliphatic rings. The van der Waals surface area contributed by atoms with Crippen LogP contribution in [0.15, 0.2) is 18.2 Å². The molecule has 0 amide bonds. The molecule has 0 heterocycles. The molecular formula is C26H45F2P. The third-order valence-corrected chi connectivity index (χ3v) is 9.12. The smallest absolute Gasteiger partial charge is 0.166 e. The summed E-state index contributed by atoms with van der Waals surface area (Å²) in [7, 11) is -0.618. The molecule has 0 spiro atoms. The van der Waals surface area contributed by atoms with Gasteiger partial charge >= 0.3 is 0 Å². The van der Waals surface area contributed by atoms with Gasteiger partial charge < -0.3 is 0 Å². The fourth-order valence-electron chi connectivity index (χ4n) is 4.26. The van der Waals surface area contributed by atoms with E-state index in [1.807, 2.05) is 6.07 Å². The minimum atomic E-state index is -0.684. The number of hydrogen-bond donors (Lipinski definition) is 0. The zero-order valence-corrected chi connectivity index (χ0v) is 20.4. The number of hydrogen-bond acceptors (Lipinski definition) is 0. The van der Waals surface area contributed by atoms with Crippen LogP contribution in [0.3, 0.4) is 0 Å². The molecule has 0 saturated carbocycles. The van der Waals surface area contributed by atoms with Crippen LogP contribution in [-0.2, 0) is 0 Å². The van der Waals surface area contributed by atoms with Gasteiger partial charge in [-0.1, -0.05) is 118 Å². The Kier molecular flexibility index (Phi) is 14.9. The Labute approximate surface area is 181 Å². The molecule has 3 heteroatoms. The zero-order valence-electron chi connectivity index (χ0n) is 19.5. The van der Waals surface area contributed by atoms with Crippen LogP contribution in [0.1, 0.15) is 105 Å². The highest BCUT2D eigenvalue weighted by Crippen LogP contribution is 2.40. The fourth-order valence-corrected chi connectivity index (χ4v) is 7.10. The maximum absolute atomic E-state index is 14.5. The van der Waals surface area contributed by atoms with Crippen molar-refractivity contribution < 1.29 is 8.78 Å². The highest BCUT2D eigenvalue weighted by atomic mass is 31.1. The van der Waals surface area contributed by atoms with E-state index in [-0.39, 0.29) is 0 Å². The van der Waals surface area contributed by atoms with Crippen molar-refractivity contribution in [1.29, 1.82) is 0 Å². The third-order valence-electron chi connectivity index (χ3n) is 6.18. The van der Waals surface area contributed by atoms with Gasteiger partial charge in [0.05, 0.1) is 0 Å². The molecule has 0 saturated heterocycles. The van der Waals surface area contributed by atoms with Crippen LogP contribution in [0, 0.1) is 23.5 Å². The van der Waals surface area contributed by atoms with Crippen molar-refractivity contribution in [3.05, 3.63) is 29.8 Å². The molecule has 3 atom stereocenters. The van der Waals surface area contributed by atoms with E-state index >= 15 is 0 Å². The Balaban J connectivity index is 2.62. The summed E-state index contributed by atoms with van der Waals surface area (Å²) in [6.07, 6.45) is 17.3. The maximum Gasteiger partial charge on any atom is 0.166 e. The summed E-state index contributed by atoms with van der Waals surface area (Å²) >= 11 is 0. The van der Waals surface area contributed by atoms with Gasteiger partial charge in [0.1, 0.15) is 0 Å². The average molecular weight is 427 g/mol. The molecule has 0 N–H and O–H groups in total. The van der Waals surface area contributed by atoms with Crippen molar-refractivity contribution in [1.82, 2.24) is 0 Å². The molecule has 0 aromatic heterocycles. The lowest BCUT2D eigenvalue weighted by Crippen LogP contribution is -2.16. The van der Waals surface area contributed by atoms with E-state index in [1.54, 1.807) is 6.07 Å². The summed E-state index contributed by atoms with van der Waals surface area (Å²) in [5, 5.41) is 0.665. The van der Waals surface area contributed by atoms with Crippen LogP contribution < -0.4 is 5.30 Å². The predicted molar refractivity (Wildman–Crippen MR) is 128 cm³/mol. The van der Waals surface area contributed by atoms with Crippen molar-refractivity contribution in [2.75, 3.05) is 12.3 Å². The van der Waals surface area contributed by atoms with E-state index in [0.29, 0.717) is 11.2 Å². The van der Waals surface area contributed by atoms with Gasteiger partial charge in [0, 0.05) is 5.30 Å². The van der Waals surface area contributed by atoms with E-state index in [2.05, 4.69) is 27.7 Å². The minimum absolute atomic E-state index is 0.583. The molecule has 29 heavy (non-hydrogen) atoms. The second-order valence-electron chi connectivity index (χ2n) is 8.89. The highest BCUT2D eigenvalue weighted by Gasteiger charge is 2.20. The normalized spacial score (nSPS) is 14.7. The molecule has 1 rings (SSSR count). The van der Waals surface area contributed by atoms with E-state index in [4.69, 9.17) is 0 Å². The minimum Gasteiger partial charge on any atom is -0.204 e. The lowest BCUT2D eigenvalue weighted by Gasteiger charge is -2.24. The first kappa shape index (κ1) is 26.5. The van der Waals surface area contributed by atoms with Crippen LogP contribution >= 0.6 is 7.92 Å². The first-order valence-electron chi connectivity index (χ1n) is 12.2. The molecular weight excluding hydrogens is 381 g/mol. The summed E-state index contributed by atoms with van der Waals surface area (Å²) in [6.45, 7) is 9.11. The molecule has 168 valence electrons. The summed E-state index contributed by atoms with van der Waals surface area (Å²) in [6, 6.07) is 4.77. The van der Waals surface area contributed by atoms with Crippen molar-refractivity contribution in [3.63, 3.8) is 0 Å². The summed E-state index contributed by atoms with van der Waals surface area (Å²) in [5.41, 5.74) is 0. The standard InChI is InChI=1S/C26H45F2P/c1-5-8-9-10-11-12-13-20-29(25-17-14-16-24(27)26(25)28)21-22(4)18-19-23(7-3)15-6-2/h14,16-17,22-23H,5-13,15,18-21H2,1-4H3. The lowest BCUT2D eigenvalue weighted by atomic mass is 9.92. The zero-order chi connectivity index (χ0) is 21.5. The fraction of sp³-hybridized carbons (Fsp3) is 0.769. The topological polar surface area (TPSA) is 0 Å². The Morgan fingerprint density at radius 1 is 0.828 bits per heavy atom. The summed E-state index contributed by atoms with van der Waals surface area (Å²) in [4.78, 5) is 0. The van der Waals surface area contributed by atoms with Gasteiger partial charge in [-0.3, -0.25) is 0 Å². The van der Waals surface area contributed by atoms with Gasteiger partial charge in [0.25, 0.3) is 0 Å². The molecule has 0 aliphatic heterocycles. The molecule has 0 bridgehead atoms. The quantitative estimate of drug-likeness (QED) is 0.172. The molecule has 0 nitrogen and oxygen atoms in total. The Morgan fingerprint density at radius 2 is 1.52 bits per heavy atom. The molecule has 1 aromatic carbocycles. The van der Waals surface area contributed by atoms with Crippen LogP contribution in [0.2, 0.25) is 0 Å².